The Morgan fingerprint density at radius 2 is 2.15 bits per heavy atom. The van der Waals surface area contributed by atoms with E-state index in [0.29, 0.717) is 27.8 Å². The van der Waals surface area contributed by atoms with Gasteiger partial charge >= 0.3 is 5.97 Å². The Kier molecular flexibility index (Phi) is 7.39. The second-order valence-corrected chi connectivity index (χ2v) is 10.5. The summed E-state index contributed by atoms with van der Waals surface area (Å²) in [6.45, 7) is 5.51. The molecule has 0 saturated carbocycles. The first-order valence-electron chi connectivity index (χ1n) is 11.0. The highest BCUT2D eigenvalue weighted by Gasteiger charge is 2.25. The van der Waals surface area contributed by atoms with Gasteiger partial charge in [0.15, 0.2) is 6.61 Å². The Balaban J connectivity index is 1.38. The number of benzene rings is 1. The lowest BCUT2D eigenvalue weighted by atomic mass is 9.89. The number of nitrogens with one attached hydrogen (secondary N) is 1. The second-order valence-electron chi connectivity index (χ2n) is 8.38. The molecule has 34 heavy (non-hydrogen) atoms. The normalized spacial score (nSPS) is 14.8. The van der Waals surface area contributed by atoms with Gasteiger partial charge in [0, 0.05) is 21.1 Å². The number of nitriles is 1. The molecule has 3 aromatic rings. The van der Waals surface area contributed by atoms with E-state index in [9.17, 15) is 14.9 Å². The Hall–Kier alpha value is -3.09. The number of hydrogen-bond donors (Lipinski definition) is 1. The molecule has 7 nitrogen and oxygen atoms in total. The molecule has 176 valence electrons. The SMILES string of the molecule is Cc1noc(C)c1CSc1ccccc1C(=O)OCC(=O)Nc1sc2c(c1C#N)CCC(C)C2. The Bertz CT molecular complexity index is 1250. The van der Waals surface area contributed by atoms with Gasteiger partial charge in [-0.3, -0.25) is 4.79 Å². The summed E-state index contributed by atoms with van der Waals surface area (Å²) in [5.74, 6) is 0.889. The first-order chi connectivity index (χ1) is 16.4. The minimum atomic E-state index is -0.572. The van der Waals surface area contributed by atoms with Crippen LogP contribution in [0, 0.1) is 31.1 Å². The zero-order chi connectivity index (χ0) is 24.2. The number of carbonyl (C=O) groups is 2. The molecule has 4 rings (SSSR count). The zero-order valence-corrected chi connectivity index (χ0v) is 20.9. The number of nitrogens with zero attached hydrogens (tertiary/aromatic N) is 2. The summed E-state index contributed by atoms with van der Waals surface area (Å²) < 4.78 is 10.5. The average Bonchev–Trinajstić information content (AvgIpc) is 3.33. The number of anilines is 1. The van der Waals surface area contributed by atoms with Gasteiger partial charge in [-0.15, -0.1) is 23.1 Å². The number of carbonyl (C=O) groups excluding carboxylic acids is 2. The van der Waals surface area contributed by atoms with Crippen LogP contribution in [-0.2, 0) is 28.1 Å². The van der Waals surface area contributed by atoms with Gasteiger partial charge in [-0.2, -0.15) is 5.26 Å². The van der Waals surface area contributed by atoms with E-state index in [1.54, 1.807) is 12.1 Å². The van der Waals surface area contributed by atoms with Crippen molar-refractivity contribution in [3.8, 4) is 6.07 Å². The molecule has 1 aromatic carbocycles. The molecule has 2 heterocycles. The first-order valence-corrected chi connectivity index (χ1v) is 12.8. The molecule has 9 heteroatoms. The zero-order valence-electron chi connectivity index (χ0n) is 19.3. The maximum atomic E-state index is 12.7. The standard InChI is InChI=1S/C25H25N3O4S2/c1-14-8-9-17-19(11-26)24(34-22(17)10-14)27-23(29)12-31-25(30)18-6-4-5-7-21(18)33-13-20-15(2)28-32-16(20)3/h4-7,14H,8-10,12-13H2,1-3H3,(H,27,29). The van der Waals surface area contributed by atoms with Crippen LogP contribution in [0.1, 0.15) is 56.7 Å². The summed E-state index contributed by atoms with van der Waals surface area (Å²) in [6, 6.07) is 9.36. The van der Waals surface area contributed by atoms with Gasteiger partial charge in [0.05, 0.1) is 16.8 Å². The first kappa shape index (κ1) is 24.0. The lowest BCUT2D eigenvalue weighted by Crippen LogP contribution is -2.21. The van der Waals surface area contributed by atoms with Crippen molar-refractivity contribution in [2.75, 3.05) is 11.9 Å². The van der Waals surface area contributed by atoms with E-state index in [2.05, 4.69) is 23.5 Å². The molecule has 0 spiro atoms. The molecule has 0 bridgehead atoms. The number of ether oxygens (including phenoxy) is 1. The van der Waals surface area contributed by atoms with Crippen LogP contribution in [-0.4, -0.2) is 23.6 Å². The highest BCUT2D eigenvalue weighted by molar-refractivity contribution is 7.98. The van der Waals surface area contributed by atoms with Crippen LogP contribution in [0.5, 0.6) is 0 Å². The van der Waals surface area contributed by atoms with Crippen LogP contribution in [0.4, 0.5) is 5.00 Å². The fourth-order valence-corrected chi connectivity index (χ4v) is 6.52. The summed E-state index contributed by atoms with van der Waals surface area (Å²) in [4.78, 5) is 27.2. The molecule has 2 aromatic heterocycles. The molecule has 0 saturated heterocycles. The number of hydrogen-bond acceptors (Lipinski definition) is 8. The Morgan fingerprint density at radius 3 is 2.88 bits per heavy atom. The van der Waals surface area contributed by atoms with E-state index in [4.69, 9.17) is 9.26 Å². The predicted octanol–water partition coefficient (Wildman–Crippen LogP) is 5.44. The van der Waals surface area contributed by atoms with E-state index in [1.165, 1.54) is 23.1 Å². The van der Waals surface area contributed by atoms with Crippen LogP contribution < -0.4 is 5.32 Å². The van der Waals surface area contributed by atoms with Gasteiger partial charge in [0.25, 0.3) is 5.91 Å². The maximum absolute atomic E-state index is 12.7. The number of fused-ring (bicyclic) bond motifs is 1. The maximum Gasteiger partial charge on any atom is 0.339 e. The summed E-state index contributed by atoms with van der Waals surface area (Å²) in [6.07, 6.45) is 2.81. The van der Waals surface area contributed by atoms with Gasteiger partial charge in [-0.1, -0.05) is 24.2 Å². The molecule has 1 aliphatic rings. The number of rotatable bonds is 7. The molecule has 1 atom stereocenters. The van der Waals surface area contributed by atoms with Crippen molar-refractivity contribution in [1.29, 1.82) is 5.26 Å². The van der Waals surface area contributed by atoms with Gasteiger partial charge in [0.1, 0.15) is 16.8 Å². The summed E-state index contributed by atoms with van der Waals surface area (Å²) in [7, 11) is 0. The van der Waals surface area contributed by atoms with Crippen molar-refractivity contribution < 1.29 is 18.8 Å². The van der Waals surface area contributed by atoms with Crippen molar-refractivity contribution in [3.05, 3.63) is 62.9 Å². The molecule has 0 aliphatic heterocycles. The van der Waals surface area contributed by atoms with E-state index < -0.39 is 18.5 Å². The van der Waals surface area contributed by atoms with Crippen LogP contribution in [0.25, 0.3) is 0 Å². The number of aromatic nitrogens is 1. The fourth-order valence-electron chi connectivity index (χ4n) is 3.95. The quantitative estimate of drug-likeness (QED) is 0.344. The lowest BCUT2D eigenvalue weighted by Gasteiger charge is -2.17. The largest absolute Gasteiger partial charge is 0.452 e. The average molecular weight is 496 g/mol. The second kappa shape index (κ2) is 10.5. The summed E-state index contributed by atoms with van der Waals surface area (Å²) in [5, 5.41) is 16.9. The highest BCUT2D eigenvalue weighted by Crippen LogP contribution is 2.39. The number of esters is 1. The van der Waals surface area contributed by atoms with E-state index >= 15 is 0 Å². The van der Waals surface area contributed by atoms with Crippen LogP contribution in [0.2, 0.25) is 0 Å². The molecular weight excluding hydrogens is 470 g/mol. The fraction of sp³-hybridized carbons (Fsp3) is 0.360. The third-order valence-electron chi connectivity index (χ3n) is 5.87. The number of amides is 1. The number of aryl methyl sites for hydroxylation is 2. The smallest absolute Gasteiger partial charge is 0.339 e. The third kappa shape index (κ3) is 5.18. The van der Waals surface area contributed by atoms with Gasteiger partial charge in [-0.05, 0) is 56.7 Å². The van der Waals surface area contributed by atoms with Gasteiger partial charge in [-0.25, -0.2) is 4.79 Å². The summed E-state index contributed by atoms with van der Waals surface area (Å²) >= 11 is 2.93. The van der Waals surface area contributed by atoms with E-state index in [0.717, 1.165) is 51.6 Å². The number of thiophene rings is 1. The molecule has 1 N–H and O–H groups in total. The molecule has 0 fully saturated rings. The van der Waals surface area contributed by atoms with Crippen LogP contribution >= 0.6 is 23.1 Å². The van der Waals surface area contributed by atoms with E-state index in [1.807, 2.05) is 26.0 Å². The van der Waals surface area contributed by atoms with Crippen molar-refractivity contribution in [1.82, 2.24) is 5.16 Å². The molecular formula is C25H25N3O4S2. The van der Waals surface area contributed by atoms with Crippen LogP contribution in [0.3, 0.4) is 0 Å². The molecule has 0 radical (unpaired) electrons. The minimum absolute atomic E-state index is 0.394. The monoisotopic (exact) mass is 495 g/mol. The number of thioether (sulfide) groups is 1. The third-order valence-corrected chi connectivity index (χ3v) is 8.14. The van der Waals surface area contributed by atoms with Crippen LogP contribution in [0.15, 0.2) is 33.7 Å². The molecule has 1 amide bonds. The Labute approximate surface area is 206 Å². The van der Waals surface area contributed by atoms with Crippen molar-refractivity contribution >= 4 is 40.0 Å². The summed E-state index contributed by atoms with van der Waals surface area (Å²) in [5.41, 5.74) is 3.79. The minimum Gasteiger partial charge on any atom is -0.452 e. The Morgan fingerprint density at radius 1 is 1.35 bits per heavy atom. The van der Waals surface area contributed by atoms with Crippen molar-refractivity contribution in [3.63, 3.8) is 0 Å². The topological polar surface area (TPSA) is 105 Å². The highest BCUT2D eigenvalue weighted by atomic mass is 32.2. The van der Waals surface area contributed by atoms with Gasteiger partial charge in [0.2, 0.25) is 0 Å². The van der Waals surface area contributed by atoms with E-state index in [-0.39, 0.29) is 0 Å². The van der Waals surface area contributed by atoms with Crippen molar-refractivity contribution in [2.24, 2.45) is 5.92 Å². The molecule has 1 unspecified atom stereocenters. The van der Waals surface area contributed by atoms with Crippen molar-refractivity contribution in [2.45, 2.75) is 50.7 Å². The lowest BCUT2D eigenvalue weighted by molar-refractivity contribution is -0.119. The molecule has 1 aliphatic carbocycles. The van der Waals surface area contributed by atoms with Gasteiger partial charge < -0.3 is 14.6 Å². The predicted molar refractivity (Wildman–Crippen MR) is 131 cm³/mol.